The molecule has 0 unspecified atom stereocenters. The van der Waals surface area contributed by atoms with Gasteiger partial charge >= 0.3 is 0 Å². The number of hydrogen-bond acceptors (Lipinski definition) is 4. The first-order valence-electron chi connectivity index (χ1n) is 9.56. The van der Waals surface area contributed by atoms with Crippen LogP contribution in [0.3, 0.4) is 0 Å². The summed E-state index contributed by atoms with van der Waals surface area (Å²) in [6.07, 6.45) is 0. The van der Waals surface area contributed by atoms with Crippen LogP contribution in [-0.2, 0) is 4.79 Å². The van der Waals surface area contributed by atoms with E-state index in [0.29, 0.717) is 5.89 Å². The topological polar surface area (TPSA) is 67.2 Å². The molecular formula is C24H23N3O2. The van der Waals surface area contributed by atoms with Crippen LogP contribution in [0, 0.1) is 20.8 Å². The zero-order valence-electron chi connectivity index (χ0n) is 16.7. The van der Waals surface area contributed by atoms with Gasteiger partial charge in [-0.3, -0.25) is 4.79 Å². The summed E-state index contributed by atoms with van der Waals surface area (Å²) in [7, 11) is 0. The number of nitrogens with one attached hydrogen (secondary N) is 2. The second kappa shape index (κ2) is 7.80. The molecule has 1 amide bonds. The molecule has 0 saturated carbocycles. The standard InChI is InChI=1S/C24H23N3O2/c1-15-9-10-16(2)20(13-15)27-24(28)23(18-7-5-4-6-8-18)26-19-11-12-22-21(14-19)25-17(3)29-22/h4-14,23,26H,1-3H3,(H,27,28)/t23-/m0/s1. The van der Waals surface area contributed by atoms with Crippen molar-refractivity contribution in [1.29, 1.82) is 0 Å². The summed E-state index contributed by atoms with van der Waals surface area (Å²) in [5.74, 6) is 0.491. The van der Waals surface area contributed by atoms with Crippen LogP contribution >= 0.6 is 0 Å². The molecule has 0 spiro atoms. The van der Waals surface area contributed by atoms with Crippen molar-refractivity contribution in [3.8, 4) is 0 Å². The number of fused-ring (bicyclic) bond motifs is 1. The van der Waals surface area contributed by atoms with Crippen molar-refractivity contribution in [3.05, 3.63) is 89.3 Å². The van der Waals surface area contributed by atoms with E-state index in [2.05, 4.69) is 15.6 Å². The number of rotatable bonds is 5. The van der Waals surface area contributed by atoms with E-state index in [1.807, 2.05) is 87.5 Å². The van der Waals surface area contributed by atoms with Gasteiger partial charge in [-0.2, -0.15) is 0 Å². The Morgan fingerprint density at radius 1 is 0.966 bits per heavy atom. The number of hydrogen-bond donors (Lipinski definition) is 2. The van der Waals surface area contributed by atoms with E-state index in [9.17, 15) is 4.79 Å². The third-order valence-corrected chi connectivity index (χ3v) is 4.85. The van der Waals surface area contributed by atoms with Gasteiger partial charge in [0.05, 0.1) is 0 Å². The van der Waals surface area contributed by atoms with Crippen LogP contribution in [0.4, 0.5) is 11.4 Å². The fourth-order valence-electron chi connectivity index (χ4n) is 3.32. The Kier molecular flexibility index (Phi) is 5.04. The van der Waals surface area contributed by atoms with Crippen molar-refractivity contribution in [3.63, 3.8) is 0 Å². The van der Waals surface area contributed by atoms with Crippen LogP contribution in [0.1, 0.15) is 28.6 Å². The van der Waals surface area contributed by atoms with E-state index < -0.39 is 6.04 Å². The van der Waals surface area contributed by atoms with E-state index in [1.165, 1.54) is 0 Å². The molecule has 0 aliphatic rings. The number of carbonyl (C=O) groups is 1. The number of nitrogens with zero attached hydrogens (tertiary/aromatic N) is 1. The zero-order valence-corrected chi connectivity index (χ0v) is 16.7. The lowest BCUT2D eigenvalue weighted by atomic mass is 10.0. The fraction of sp³-hybridized carbons (Fsp3) is 0.167. The van der Waals surface area contributed by atoms with Crippen molar-refractivity contribution in [2.75, 3.05) is 10.6 Å². The fourth-order valence-corrected chi connectivity index (χ4v) is 3.32. The molecule has 2 N–H and O–H groups in total. The summed E-state index contributed by atoms with van der Waals surface area (Å²) in [4.78, 5) is 17.6. The highest BCUT2D eigenvalue weighted by molar-refractivity contribution is 5.98. The first kappa shape index (κ1) is 18.7. The van der Waals surface area contributed by atoms with Crippen molar-refractivity contribution >= 4 is 28.4 Å². The Balaban J connectivity index is 1.65. The van der Waals surface area contributed by atoms with Crippen molar-refractivity contribution in [1.82, 2.24) is 4.98 Å². The first-order valence-corrected chi connectivity index (χ1v) is 9.56. The Morgan fingerprint density at radius 2 is 1.76 bits per heavy atom. The molecule has 0 aliphatic heterocycles. The van der Waals surface area contributed by atoms with Gasteiger partial charge < -0.3 is 15.1 Å². The third-order valence-electron chi connectivity index (χ3n) is 4.85. The van der Waals surface area contributed by atoms with Gasteiger partial charge in [-0.25, -0.2) is 4.98 Å². The summed E-state index contributed by atoms with van der Waals surface area (Å²) in [5.41, 5.74) is 6.11. The Bertz CT molecular complexity index is 1170. The number of amides is 1. The van der Waals surface area contributed by atoms with Crippen molar-refractivity contribution < 1.29 is 9.21 Å². The maximum Gasteiger partial charge on any atom is 0.251 e. The van der Waals surface area contributed by atoms with Gasteiger partial charge in [-0.05, 0) is 54.8 Å². The van der Waals surface area contributed by atoms with E-state index >= 15 is 0 Å². The smallest absolute Gasteiger partial charge is 0.251 e. The molecule has 146 valence electrons. The summed E-state index contributed by atoms with van der Waals surface area (Å²) in [5, 5.41) is 6.43. The maximum atomic E-state index is 13.2. The highest BCUT2D eigenvalue weighted by atomic mass is 16.3. The SMILES string of the molecule is Cc1ccc(C)c(NC(=O)[C@@H](Nc2ccc3oc(C)nc3c2)c2ccccc2)c1. The normalized spacial score (nSPS) is 12.0. The third kappa shape index (κ3) is 4.14. The van der Waals surface area contributed by atoms with E-state index in [1.54, 1.807) is 0 Å². The molecule has 0 saturated heterocycles. The molecular weight excluding hydrogens is 362 g/mol. The molecule has 29 heavy (non-hydrogen) atoms. The highest BCUT2D eigenvalue weighted by Crippen LogP contribution is 2.26. The summed E-state index contributed by atoms with van der Waals surface area (Å²) < 4.78 is 5.55. The lowest BCUT2D eigenvalue weighted by molar-refractivity contribution is -0.117. The lowest BCUT2D eigenvalue weighted by Crippen LogP contribution is -2.27. The summed E-state index contributed by atoms with van der Waals surface area (Å²) in [6, 6.07) is 20.8. The summed E-state index contributed by atoms with van der Waals surface area (Å²) in [6.45, 7) is 5.81. The number of benzene rings is 3. The van der Waals surface area contributed by atoms with Gasteiger partial charge in [0.1, 0.15) is 11.6 Å². The van der Waals surface area contributed by atoms with Gasteiger partial charge in [0.25, 0.3) is 5.91 Å². The van der Waals surface area contributed by atoms with Crippen LogP contribution in [0.15, 0.2) is 71.1 Å². The largest absolute Gasteiger partial charge is 0.441 e. The van der Waals surface area contributed by atoms with Crippen molar-refractivity contribution in [2.45, 2.75) is 26.8 Å². The van der Waals surface area contributed by atoms with Gasteiger partial charge in [0.2, 0.25) is 0 Å². The predicted octanol–water partition coefficient (Wildman–Crippen LogP) is 5.54. The number of aromatic nitrogens is 1. The van der Waals surface area contributed by atoms with E-state index in [-0.39, 0.29) is 5.91 Å². The maximum absolute atomic E-state index is 13.2. The highest BCUT2D eigenvalue weighted by Gasteiger charge is 2.21. The molecule has 1 heterocycles. The predicted molar refractivity (Wildman–Crippen MR) is 116 cm³/mol. The quantitative estimate of drug-likeness (QED) is 0.473. The minimum absolute atomic E-state index is 0.124. The Labute approximate surface area is 169 Å². The number of carbonyl (C=O) groups excluding carboxylic acids is 1. The van der Waals surface area contributed by atoms with Crippen LogP contribution in [0.25, 0.3) is 11.1 Å². The van der Waals surface area contributed by atoms with Crippen LogP contribution in [-0.4, -0.2) is 10.9 Å². The molecule has 0 fully saturated rings. The second-order valence-corrected chi connectivity index (χ2v) is 7.21. The molecule has 1 atom stereocenters. The molecule has 4 aromatic rings. The molecule has 3 aromatic carbocycles. The van der Waals surface area contributed by atoms with Crippen LogP contribution in [0.5, 0.6) is 0 Å². The number of aryl methyl sites for hydroxylation is 3. The Hall–Kier alpha value is -3.60. The minimum atomic E-state index is -0.554. The lowest BCUT2D eigenvalue weighted by Gasteiger charge is -2.21. The minimum Gasteiger partial charge on any atom is -0.441 e. The van der Waals surface area contributed by atoms with Crippen molar-refractivity contribution in [2.24, 2.45) is 0 Å². The average Bonchev–Trinajstić information content (AvgIpc) is 3.08. The van der Waals surface area contributed by atoms with Gasteiger partial charge in [0, 0.05) is 18.3 Å². The van der Waals surface area contributed by atoms with E-state index in [4.69, 9.17) is 4.42 Å². The first-order chi connectivity index (χ1) is 14.0. The van der Waals surface area contributed by atoms with Crippen LogP contribution in [0.2, 0.25) is 0 Å². The van der Waals surface area contributed by atoms with Crippen LogP contribution < -0.4 is 10.6 Å². The van der Waals surface area contributed by atoms with Gasteiger partial charge in [-0.15, -0.1) is 0 Å². The average molecular weight is 385 g/mol. The van der Waals surface area contributed by atoms with Gasteiger partial charge in [-0.1, -0.05) is 42.5 Å². The molecule has 4 rings (SSSR count). The van der Waals surface area contributed by atoms with Gasteiger partial charge in [0.15, 0.2) is 11.5 Å². The number of oxazole rings is 1. The molecule has 0 bridgehead atoms. The molecule has 0 radical (unpaired) electrons. The Morgan fingerprint density at radius 3 is 2.55 bits per heavy atom. The molecule has 0 aliphatic carbocycles. The molecule has 1 aromatic heterocycles. The second-order valence-electron chi connectivity index (χ2n) is 7.21. The monoisotopic (exact) mass is 385 g/mol. The summed E-state index contributed by atoms with van der Waals surface area (Å²) >= 11 is 0. The zero-order chi connectivity index (χ0) is 20.4. The molecule has 5 nitrogen and oxygen atoms in total. The molecule has 5 heteroatoms. The van der Waals surface area contributed by atoms with E-state index in [0.717, 1.165) is 39.2 Å². The number of anilines is 2.